The fraction of sp³-hybridized carbons (Fsp3) is 0.167. The van der Waals surface area contributed by atoms with Gasteiger partial charge in [-0.25, -0.2) is 4.79 Å². The normalized spacial score (nSPS) is 10.3. The van der Waals surface area contributed by atoms with E-state index < -0.39 is 5.97 Å². The van der Waals surface area contributed by atoms with Gasteiger partial charge in [0.15, 0.2) is 11.5 Å². The van der Waals surface area contributed by atoms with E-state index in [2.05, 4.69) is 4.98 Å². The first-order chi connectivity index (χ1) is 8.58. The number of pyridine rings is 1. The summed E-state index contributed by atoms with van der Waals surface area (Å²) in [5.41, 5.74) is 6.50. The summed E-state index contributed by atoms with van der Waals surface area (Å²) in [6, 6.07) is 3.26. The van der Waals surface area contributed by atoms with E-state index >= 15 is 0 Å². The molecular formula is C12H12N2O4. The van der Waals surface area contributed by atoms with Crippen molar-refractivity contribution in [2.45, 2.75) is 0 Å². The number of nitrogens with zero attached hydrogens (tertiary/aromatic N) is 1. The number of carbonyl (C=O) groups is 1. The summed E-state index contributed by atoms with van der Waals surface area (Å²) in [6.45, 7) is 0. The van der Waals surface area contributed by atoms with Gasteiger partial charge in [0.25, 0.3) is 0 Å². The number of aromatic carboxylic acids is 1. The lowest BCUT2D eigenvalue weighted by atomic mass is 10.1. The number of fused-ring (bicyclic) bond motifs is 1. The van der Waals surface area contributed by atoms with Crippen LogP contribution < -0.4 is 15.2 Å². The third-order valence-corrected chi connectivity index (χ3v) is 2.65. The molecule has 0 amide bonds. The molecule has 1 heterocycles. The maximum absolute atomic E-state index is 11.0. The summed E-state index contributed by atoms with van der Waals surface area (Å²) in [6.07, 6.45) is 1.23. The van der Waals surface area contributed by atoms with Gasteiger partial charge in [-0.15, -0.1) is 0 Å². The van der Waals surface area contributed by atoms with Crippen LogP contribution in [0.5, 0.6) is 11.5 Å². The van der Waals surface area contributed by atoms with Crippen LogP contribution in [0.1, 0.15) is 10.4 Å². The van der Waals surface area contributed by atoms with E-state index in [1.807, 2.05) is 0 Å². The highest BCUT2D eigenvalue weighted by Crippen LogP contribution is 2.34. The molecule has 0 aliphatic carbocycles. The molecule has 0 saturated carbocycles. The lowest BCUT2D eigenvalue weighted by Crippen LogP contribution is -2.04. The number of methoxy groups -OCH3 is 2. The first-order valence-corrected chi connectivity index (χ1v) is 5.12. The predicted octanol–water partition coefficient (Wildman–Crippen LogP) is 1.53. The number of nitrogen functional groups attached to an aromatic ring is 1. The van der Waals surface area contributed by atoms with Crippen LogP contribution in [-0.2, 0) is 0 Å². The predicted molar refractivity (Wildman–Crippen MR) is 66.2 cm³/mol. The van der Waals surface area contributed by atoms with Crippen molar-refractivity contribution in [1.29, 1.82) is 0 Å². The highest BCUT2D eigenvalue weighted by molar-refractivity contribution is 6.04. The van der Waals surface area contributed by atoms with Gasteiger partial charge in [0.05, 0.1) is 25.4 Å². The first kappa shape index (κ1) is 12.0. The molecule has 0 radical (unpaired) electrons. The van der Waals surface area contributed by atoms with Crippen LogP contribution in [0.3, 0.4) is 0 Å². The van der Waals surface area contributed by atoms with E-state index in [4.69, 9.17) is 20.3 Å². The monoisotopic (exact) mass is 248 g/mol. The van der Waals surface area contributed by atoms with Gasteiger partial charge in [0.1, 0.15) is 5.56 Å². The SMILES string of the molecule is COc1cc2ncc(C(=O)O)c(N)c2cc1OC. The Kier molecular flexibility index (Phi) is 2.93. The molecule has 3 N–H and O–H groups in total. The van der Waals surface area contributed by atoms with E-state index in [1.165, 1.54) is 20.4 Å². The van der Waals surface area contributed by atoms with Gasteiger partial charge in [-0.2, -0.15) is 0 Å². The molecule has 0 spiro atoms. The lowest BCUT2D eigenvalue weighted by Gasteiger charge is -2.11. The molecule has 6 nitrogen and oxygen atoms in total. The van der Waals surface area contributed by atoms with Crippen LogP contribution in [0, 0.1) is 0 Å². The van der Waals surface area contributed by atoms with Gasteiger partial charge in [-0.1, -0.05) is 0 Å². The van der Waals surface area contributed by atoms with E-state index in [9.17, 15) is 4.79 Å². The van der Waals surface area contributed by atoms with Crippen molar-refractivity contribution in [3.8, 4) is 11.5 Å². The summed E-state index contributed by atoms with van der Waals surface area (Å²) < 4.78 is 10.3. The zero-order valence-electron chi connectivity index (χ0n) is 9.93. The number of benzene rings is 1. The molecule has 94 valence electrons. The number of carboxylic acids is 1. The quantitative estimate of drug-likeness (QED) is 0.855. The second-order valence-electron chi connectivity index (χ2n) is 3.62. The van der Waals surface area contributed by atoms with Gasteiger partial charge in [-0.3, -0.25) is 4.98 Å². The van der Waals surface area contributed by atoms with Crippen molar-refractivity contribution in [3.05, 3.63) is 23.9 Å². The Morgan fingerprint density at radius 1 is 1.28 bits per heavy atom. The van der Waals surface area contributed by atoms with Crippen LogP contribution in [0.25, 0.3) is 10.9 Å². The third kappa shape index (κ3) is 1.77. The van der Waals surface area contributed by atoms with Gasteiger partial charge < -0.3 is 20.3 Å². The standard InChI is InChI=1S/C12H12N2O4/c1-17-9-3-6-8(4-10(9)18-2)14-5-7(11(6)13)12(15)16/h3-5H,1-2H3,(H2,13,14)(H,15,16). The minimum atomic E-state index is -1.11. The largest absolute Gasteiger partial charge is 0.493 e. The molecule has 0 saturated heterocycles. The Morgan fingerprint density at radius 3 is 2.44 bits per heavy atom. The molecule has 2 aromatic rings. The van der Waals surface area contributed by atoms with Gasteiger partial charge in [0.2, 0.25) is 0 Å². The molecule has 0 aliphatic rings. The maximum atomic E-state index is 11.0. The summed E-state index contributed by atoms with van der Waals surface area (Å²) in [4.78, 5) is 15.0. The number of hydrogen-bond acceptors (Lipinski definition) is 5. The second kappa shape index (κ2) is 4.40. The Hall–Kier alpha value is -2.50. The van der Waals surface area contributed by atoms with Crippen LogP contribution in [0.15, 0.2) is 18.3 Å². The minimum Gasteiger partial charge on any atom is -0.493 e. The molecule has 18 heavy (non-hydrogen) atoms. The van der Waals surface area contributed by atoms with Crippen LogP contribution in [-0.4, -0.2) is 30.3 Å². The minimum absolute atomic E-state index is 0.0327. The number of hydrogen-bond donors (Lipinski definition) is 2. The molecule has 0 unspecified atom stereocenters. The van der Waals surface area contributed by atoms with E-state index in [0.29, 0.717) is 22.4 Å². The number of rotatable bonds is 3. The van der Waals surface area contributed by atoms with E-state index in [0.717, 1.165) is 0 Å². The number of nitrogens with two attached hydrogens (primary N) is 1. The van der Waals surface area contributed by atoms with Gasteiger partial charge in [0, 0.05) is 17.6 Å². The molecule has 1 aromatic carbocycles. The number of anilines is 1. The van der Waals surface area contributed by atoms with Crippen LogP contribution in [0.4, 0.5) is 5.69 Å². The molecular weight excluding hydrogens is 236 g/mol. The summed E-state index contributed by atoms with van der Waals surface area (Å²) in [7, 11) is 3.01. The first-order valence-electron chi connectivity index (χ1n) is 5.12. The van der Waals surface area contributed by atoms with Crippen molar-refractivity contribution < 1.29 is 19.4 Å². The smallest absolute Gasteiger partial charge is 0.339 e. The van der Waals surface area contributed by atoms with Crippen molar-refractivity contribution in [2.24, 2.45) is 0 Å². The average molecular weight is 248 g/mol. The summed E-state index contributed by atoms with van der Waals surface area (Å²) in [5, 5.41) is 9.50. The molecule has 0 atom stereocenters. The van der Waals surface area contributed by atoms with Gasteiger partial charge >= 0.3 is 5.97 Å². The Morgan fingerprint density at radius 2 is 1.89 bits per heavy atom. The van der Waals surface area contributed by atoms with E-state index in [-0.39, 0.29) is 11.3 Å². The third-order valence-electron chi connectivity index (χ3n) is 2.65. The topological polar surface area (TPSA) is 94.7 Å². The van der Waals surface area contributed by atoms with Crippen molar-refractivity contribution in [3.63, 3.8) is 0 Å². The van der Waals surface area contributed by atoms with Crippen LogP contribution >= 0.6 is 0 Å². The molecule has 0 fully saturated rings. The number of ether oxygens (including phenoxy) is 2. The number of carboxylic acid groups (broad SMARTS) is 1. The fourth-order valence-electron chi connectivity index (χ4n) is 1.71. The average Bonchev–Trinajstić information content (AvgIpc) is 2.37. The fourth-order valence-corrected chi connectivity index (χ4v) is 1.71. The molecule has 6 heteroatoms. The molecule has 0 aliphatic heterocycles. The lowest BCUT2D eigenvalue weighted by molar-refractivity contribution is 0.0698. The van der Waals surface area contributed by atoms with Crippen molar-refractivity contribution >= 4 is 22.6 Å². The molecule has 0 bridgehead atoms. The number of aromatic nitrogens is 1. The van der Waals surface area contributed by atoms with E-state index in [1.54, 1.807) is 12.1 Å². The Balaban J connectivity index is 2.77. The van der Waals surface area contributed by atoms with Crippen molar-refractivity contribution in [2.75, 3.05) is 20.0 Å². The van der Waals surface area contributed by atoms with Gasteiger partial charge in [-0.05, 0) is 6.07 Å². The van der Waals surface area contributed by atoms with Crippen molar-refractivity contribution in [1.82, 2.24) is 4.98 Å². The maximum Gasteiger partial charge on any atom is 0.339 e. The van der Waals surface area contributed by atoms with Crippen LogP contribution in [0.2, 0.25) is 0 Å². The molecule has 2 rings (SSSR count). The highest BCUT2D eigenvalue weighted by atomic mass is 16.5. The zero-order chi connectivity index (χ0) is 13.3. The summed E-state index contributed by atoms with van der Waals surface area (Å²) in [5.74, 6) is -0.127. The summed E-state index contributed by atoms with van der Waals surface area (Å²) >= 11 is 0. The second-order valence-corrected chi connectivity index (χ2v) is 3.62. The molecule has 1 aromatic heterocycles. The Labute approximate surface area is 103 Å². The zero-order valence-corrected chi connectivity index (χ0v) is 9.93. The Bertz CT molecular complexity index is 625. The highest BCUT2D eigenvalue weighted by Gasteiger charge is 2.14.